The number of aromatic nitrogens is 1. The van der Waals surface area contributed by atoms with Crippen molar-refractivity contribution in [2.45, 2.75) is 18.1 Å². The molecular formula is C22H19F3N4O. The molecule has 1 aromatic carbocycles. The van der Waals surface area contributed by atoms with E-state index in [9.17, 15) is 18.0 Å². The number of allylic oxidation sites excluding steroid dienone is 3. The highest BCUT2D eigenvalue weighted by Gasteiger charge is 2.72. The Morgan fingerprint density at radius 2 is 1.77 bits per heavy atom. The summed E-state index contributed by atoms with van der Waals surface area (Å²) in [5.41, 5.74) is 2.14. The fourth-order valence-corrected chi connectivity index (χ4v) is 4.22. The molecule has 30 heavy (non-hydrogen) atoms. The quantitative estimate of drug-likeness (QED) is 0.837. The van der Waals surface area contributed by atoms with Gasteiger partial charge in [0.1, 0.15) is 5.41 Å². The highest BCUT2D eigenvalue weighted by Crippen LogP contribution is 2.61. The summed E-state index contributed by atoms with van der Waals surface area (Å²) in [5.74, 6) is -1.09. The number of amides is 1. The van der Waals surface area contributed by atoms with Crippen LogP contribution in [-0.2, 0) is 10.3 Å². The molecule has 0 fully saturated rings. The van der Waals surface area contributed by atoms with Crippen LogP contribution in [0, 0.1) is 5.41 Å². The first-order valence-electron chi connectivity index (χ1n) is 9.27. The molecule has 2 atom stereocenters. The van der Waals surface area contributed by atoms with Crippen molar-refractivity contribution < 1.29 is 18.0 Å². The molecule has 2 N–H and O–H groups in total. The molecule has 2 aromatic rings. The van der Waals surface area contributed by atoms with E-state index in [1.165, 1.54) is 37.7 Å². The molecule has 0 saturated carbocycles. The number of benzene rings is 1. The minimum Gasteiger partial charge on any atom is -0.369 e. The number of nitrogens with two attached hydrogens (primary N) is 1. The number of nitrogens with zero attached hydrogens (tertiary/aromatic N) is 3. The Balaban J connectivity index is 1.99. The van der Waals surface area contributed by atoms with E-state index >= 15 is 0 Å². The van der Waals surface area contributed by atoms with Gasteiger partial charge in [0.05, 0.1) is 0 Å². The first kappa shape index (κ1) is 19.9. The number of carbonyl (C=O) groups is 1. The van der Waals surface area contributed by atoms with Gasteiger partial charge in [-0.25, -0.2) is 4.99 Å². The first-order chi connectivity index (χ1) is 14.2. The van der Waals surface area contributed by atoms with Gasteiger partial charge in [0.15, 0.2) is 11.5 Å². The van der Waals surface area contributed by atoms with Crippen molar-refractivity contribution in [3.63, 3.8) is 0 Å². The van der Waals surface area contributed by atoms with Gasteiger partial charge in [-0.2, -0.15) is 13.2 Å². The maximum absolute atomic E-state index is 14.9. The van der Waals surface area contributed by atoms with Gasteiger partial charge in [0.25, 0.3) is 5.91 Å². The third kappa shape index (κ3) is 2.67. The smallest absolute Gasteiger partial charge is 0.369 e. The molecule has 1 aromatic heterocycles. The summed E-state index contributed by atoms with van der Waals surface area (Å²) in [6.45, 7) is 0. The van der Waals surface area contributed by atoms with E-state index < -0.39 is 29.5 Å². The Hall–Kier alpha value is -3.42. The normalized spacial score (nSPS) is 26.5. The minimum atomic E-state index is -4.80. The third-order valence-electron chi connectivity index (χ3n) is 5.78. The van der Waals surface area contributed by atoms with E-state index in [0.29, 0.717) is 11.1 Å². The Labute approximate surface area is 171 Å². The lowest BCUT2D eigenvalue weighted by Crippen LogP contribution is -2.58. The maximum atomic E-state index is 14.9. The highest BCUT2D eigenvalue weighted by molar-refractivity contribution is 6.08. The molecule has 1 aliphatic carbocycles. The van der Waals surface area contributed by atoms with E-state index in [2.05, 4.69) is 9.98 Å². The van der Waals surface area contributed by atoms with Crippen molar-refractivity contribution in [2.75, 3.05) is 7.05 Å². The second-order valence-corrected chi connectivity index (χ2v) is 7.34. The number of halogens is 3. The second kappa shape index (κ2) is 6.83. The Morgan fingerprint density at radius 1 is 1.10 bits per heavy atom. The zero-order valence-corrected chi connectivity index (χ0v) is 16.1. The average molecular weight is 412 g/mol. The van der Waals surface area contributed by atoms with Crippen LogP contribution in [0.15, 0.2) is 78.1 Å². The Morgan fingerprint density at radius 3 is 2.33 bits per heavy atom. The predicted molar refractivity (Wildman–Crippen MR) is 107 cm³/mol. The van der Waals surface area contributed by atoms with Gasteiger partial charge >= 0.3 is 6.18 Å². The number of hydrogen-bond acceptors (Lipinski definition) is 4. The summed E-state index contributed by atoms with van der Waals surface area (Å²) in [5, 5.41) is 0. The molecule has 1 aliphatic heterocycles. The second-order valence-electron chi connectivity index (χ2n) is 7.34. The third-order valence-corrected chi connectivity index (χ3v) is 5.78. The van der Waals surface area contributed by atoms with Crippen molar-refractivity contribution in [2.24, 2.45) is 16.1 Å². The number of pyridine rings is 1. The van der Waals surface area contributed by atoms with Gasteiger partial charge in [0.2, 0.25) is 0 Å². The van der Waals surface area contributed by atoms with Gasteiger partial charge in [-0.05, 0) is 35.3 Å². The van der Waals surface area contributed by atoms with Gasteiger partial charge in [-0.3, -0.25) is 14.7 Å². The van der Waals surface area contributed by atoms with Gasteiger partial charge in [0, 0.05) is 19.4 Å². The van der Waals surface area contributed by atoms with Crippen LogP contribution < -0.4 is 5.73 Å². The molecule has 2 aliphatic rings. The largest absolute Gasteiger partial charge is 0.401 e. The van der Waals surface area contributed by atoms with E-state index in [0.717, 1.165) is 11.0 Å². The summed E-state index contributed by atoms with van der Waals surface area (Å²) in [4.78, 5) is 22.4. The predicted octanol–water partition coefficient (Wildman–Crippen LogP) is 3.66. The molecule has 0 spiro atoms. The maximum Gasteiger partial charge on any atom is 0.401 e. The minimum absolute atomic E-state index is 0.0890. The van der Waals surface area contributed by atoms with Crippen molar-refractivity contribution >= 4 is 17.4 Å². The number of alkyl halides is 3. The van der Waals surface area contributed by atoms with E-state index in [-0.39, 0.29) is 11.5 Å². The summed E-state index contributed by atoms with van der Waals surface area (Å²) >= 11 is 0. The number of carbonyl (C=O) groups excluding carboxylic acids is 1. The summed E-state index contributed by atoms with van der Waals surface area (Å²) < 4.78 is 44.8. The van der Waals surface area contributed by atoms with Crippen LogP contribution in [0.2, 0.25) is 0 Å². The van der Waals surface area contributed by atoms with Crippen LogP contribution in [0.4, 0.5) is 13.2 Å². The zero-order valence-electron chi connectivity index (χ0n) is 16.1. The van der Waals surface area contributed by atoms with Crippen LogP contribution >= 0.6 is 0 Å². The standard InChI is InChI=1S/C22H19F3N4O/c1-29-18(30)21(28-19(29)26,17-9-12-27-13-10-17)20(22(23,24)25)11-5-8-16(14-20)15-6-3-2-4-7-15/h2-13H,14H2,1H3,(H2,26,28). The van der Waals surface area contributed by atoms with Crippen molar-refractivity contribution in [3.05, 3.63) is 84.2 Å². The monoisotopic (exact) mass is 412 g/mol. The topological polar surface area (TPSA) is 71.6 Å². The van der Waals surface area contributed by atoms with Gasteiger partial charge in [-0.15, -0.1) is 0 Å². The number of rotatable bonds is 3. The number of aliphatic imine (C=N–C) groups is 1. The summed E-state index contributed by atoms with van der Waals surface area (Å²) in [6, 6.07) is 11.6. The lowest BCUT2D eigenvalue weighted by Gasteiger charge is -2.46. The SMILES string of the molecule is CN1C(=O)C(c2ccncc2)(C2(C(F)(F)F)C=CC=C(c3ccccc3)C2)N=C1N. The fraction of sp³-hybridized carbons (Fsp3) is 0.227. The number of hydrogen-bond donors (Lipinski definition) is 1. The van der Waals surface area contributed by atoms with Crippen molar-refractivity contribution in [1.29, 1.82) is 0 Å². The lowest BCUT2D eigenvalue weighted by atomic mass is 9.60. The van der Waals surface area contributed by atoms with Crippen LogP contribution in [0.25, 0.3) is 5.57 Å². The van der Waals surface area contributed by atoms with Gasteiger partial charge in [-0.1, -0.05) is 48.6 Å². The zero-order chi connectivity index (χ0) is 21.6. The average Bonchev–Trinajstić information content (AvgIpc) is 2.99. The Kier molecular flexibility index (Phi) is 4.52. The molecule has 5 nitrogen and oxygen atoms in total. The van der Waals surface area contributed by atoms with Crippen LogP contribution in [0.1, 0.15) is 17.5 Å². The fourth-order valence-electron chi connectivity index (χ4n) is 4.22. The van der Waals surface area contributed by atoms with Crippen LogP contribution in [0.5, 0.6) is 0 Å². The van der Waals surface area contributed by atoms with Gasteiger partial charge < -0.3 is 5.73 Å². The Bertz CT molecular complexity index is 1060. The molecule has 8 heteroatoms. The van der Waals surface area contributed by atoms with Crippen molar-refractivity contribution in [3.8, 4) is 0 Å². The molecule has 2 heterocycles. The highest BCUT2D eigenvalue weighted by atomic mass is 19.4. The molecule has 154 valence electrons. The van der Waals surface area contributed by atoms with E-state index in [1.54, 1.807) is 36.4 Å². The molecular weight excluding hydrogens is 393 g/mol. The molecule has 0 saturated heterocycles. The number of guanidine groups is 1. The molecule has 0 bridgehead atoms. The lowest BCUT2D eigenvalue weighted by molar-refractivity contribution is -0.227. The summed E-state index contributed by atoms with van der Waals surface area (Å²) in [6.07, 6.45) is 1.45. The molecule has 0 radical (unpaired) electrons. The number of likely N-dealkylation sites (N-methyl/N-ethyl adjacent to an activating group) is 1. The van der Waals surface area contributed by atoms with E-state index in [4.69, 9.17) is 5.73 Å². The van der Waals surface area contributed by atoms with Crippen LogP contribution in [0.3, 0.4) is 0 Å². The van der Waals surface area contributed by atoms with Crippen LogP contribution in [-0.4, -0.2) is 35.0 Å². The van der Waals surface area contributed by atoms with E-state index in [1.807, 2.05) is 0 Å². The summed E-state index contributed by atoms with van der Waals surface area (Å²) in [7, 11) is 1.33. The molecule has 4 rings (SSSR count). The first-order valence-corrected chi connectivity index (χ1v) is 9.27. The molecule has 1 amide bonds. The molecule has 2 unspecified atom stereocenters. The van der Waals surface area contributed by atoms with Crippen molar-refractivity contribution in [1.82, 2.24) is 9.88 Å².